The average molecular weight is 124 g/mol. The lowest BCUT2D eigenvalue weighted by molar-refractivity contribution is 0.678. The first-order valence-electron chi connectivity index (χ1n) is 3.25. The molecule has 0 rings (SSSR count). The van der Waals surface area contributed by atoms with Crippen molar-refractivity contribution in [3.05, 3.63) is 0 Å². The Kier molecular flexibility index (Phi) is 4.81. The van der Waals surface area contributed by atoms with Gasteiger partial charge in [-0.3, -0.25) is 0 Å². The highest BCUT2D eigenvalue weighted by Crippen LogP contribution is 2.03. The fourth-order valence-electron chi connectivity index (χ4n) is 0.609. The fourth-order valence-corrected chi connectivity index (χ4v) is 0.609. The number of unbranched alkanes of at least 4 members (excludes halogenated alkanes) is 1. The molecule has 1 N–H and O–H groups in total. The lowest BCUT2D eigenvalue weighted by Crippen LogP contribution is -1.96. The van der Waals surface area contributed by atoms with Crippen molar-refractivity contribution in [2.75, 3.05) is 0 Å². The Bertz CT molecular complexity index is 113. The highest BCUT2D eigenvalue weighted by Gasteiger charge is 1.99. The van der Waals surface area contributed by atoms with Crippen LogP contribution >= 0.6 is 0 Å². The zero-order valence-electron chi connectivity index (χ0n) is 5.72. The molecular formula is C7H12N2. The number of rotatable bonds is 4. The second-order valence-electron chi connectivity index (χ2n) is 2.04. The molecule has 1 unspecified atom stereocenters. The summed E-state index contributed by atoms with van der Waals surface area (Å²) in [4.78, 5) is 0. The predicted molar refractivity (Wildman–Crippen MR) is 37.4 cm³/mol. The van der Waals surface area contributed by atoms with Crippen LogP contribution in [0, 0.1) is 22.7 Å². The summed E-state index contributed by atoms with van der Waals surface area (Å²) >= 11 is 0. The average Bonchev–Trinajstić information content (AvgIpc) is 1.91. The second-order valence-corrected chi connectivity index (χ2v) is 2.04. The summed E-state index contributed by atoms with van der Waals surface area (Å²) in [5.74, 6) is -0.148. The topological polar surface area (TPSA) is 47.6 Å². The van der Waals surface area contributed by atoms with Crippen LogP contribution in [0.3, 0.4) is 0 Å². The molecule has 0 saturated heterocycles. The van der Waals surface area contributed by atoms with Crippen molar-refractivity contribution in [1.29, 1.82) is 10.7 Å². The molecule has 0 aliphatic rings. The second kappa shape index (κ2) is 5.30. The highest BCUT2D eigenvalue weighted by atomic mass is 14.4. The van der Waals surface area contributed by atoms with E-state index in [-0.39, 0.29) is 5.92 Å². The standard InChI is InChI=1S/C7H12N2/c1-2-3-4-7(5-8)6-9/h5,7-8H,2-4H2,1H3. The Morgan fingerprint density at radius 2 is 2.44 bits per heavy atom. The lowest BCUT2D eigenvalue weighted by atomic mass is 10.1. The lowest BCUT2D eigenvalue weighted by Gasteiger charge is -1.97. The molecule has 2 heteroatoms. The molecule has 2 nitrogen and oxygen atoms in total. The van der Waals surface area contributed by atoms with E-state index >= 15 is 0 Å². The summed E-state index contributed by atoms with van der Waals surface area (Å²) in [5.41, 5.74) is 0. The predicted octanol–water partition coefficient (Wildman–Crippen LogP) is 1.97. The van der Waals surface area contributed by atoms with Crippen molar-refractivity contribution < 1.29 is 0 Å². The van der Waals surface area contributed by atoms with Gasteiger partial charge in [0.15, 0.2) is 0 Å². The highest BCUT2D eigenvalue weighted by molar-refractivity contribution is 5.60. The van der Waals surface area contributed by atoms with E-state index in [1.54, 1.807) is 0 Å². The molecule has 0 amide bonds. The third kappa shape index (κ3) is 3.72. The molecule has 9 heavy (non-hydrogen) atoms. The van der Waals surface area contributed by atoms with E-state index in [1.165, 1.54) is 6.21 Å². The first kappa shape index (κ1) is 8.16. The summed E-state index contributed by atoms with van der Waals surface area (Å²) in [6.45, 7) is 2.08. The number of hydrogen-bond acceptors (Lipinski definition) is 2. The van der Waals surface area contributed by atoms with Gasteiger partial charge in [-0.2, -0.15) is 5.26 Å². The summed E-state index contributed by atoms with van der Waals surface area (Å²) in [7, 11) is 0. The zero-order chi connectivity index (χ0) is 7.11. The third-order valence-electron chi connectivity index (χ3n) is 1.24. The van der Waals surface area contributed by atoms with Crippen LogP contribution in [0.4, 0.5) is 0 Å². The van der Waals surface area contributed by atoms with Gasteiger partial charge >= 0.3 is 0 Å². The van der Waals surface area contributed by atoms with Crippen molar-refractivity contribution in [3.8, 4) is 6.07 Å². The Morgan fingerprint density at radius 1 is 1.78 bits per heavy atom. The molecule has 0 aromatic rings. The fraction of sp³-hybridized carbons (Fsp3) is 0.714. The molecule has 0 aromatic heterocycles. The van der Waals surface area contributed by atoms with E-state index in [0.29, 0.717) is 0 Å². The van der Waals surface area contributed by atoms with Crippen LogP contribution < -0.4 is 0 Å². The Morgan fingerprint density at radius 3 is 2.78 bits per heavy atom. The van der Waals surface area contributed by atoms with Crippen LogP contribution in [0.1, 0.15) is 26.2 Å². The van der Waals surface area contributed by atoms with E-state index in [9.17, 15) is 0 Å². The van der Waals surface area contributed by atoms with Crippen LogP contribution in [0.15, 0.2) is 0 Å². The Hall–Kier alpha value is -0.840. The molecule has 0 saturated carbocycles. The maximum atomic E-state index is 8.35. The van der Waals surface area contributed by atoms with Crippen molar-refractivity contribution in [2.24, 2.45) is 5.92 Å². The minimum Gasteiger partial charge on any atom is -0.312 e. The van der Waals surface area contributed by atoms with Gasteiger partial charge in [0.2, 0.25) is 0 Å². The Balaban J connectivity index is 3.34. The molecule has 0 aliphatic heterocycles. The van der Waals surface area contributed by atoms with Crippen molar-refractivity contribution in [3.63, 3.8) is 0 Å². The van der Waals surface area contributed by atoms with Gasteiger partial charge in [-0.1, -0.05) is 19.8 Å². The number of nitriles is 1. The van der Waals surface area contributed by atoms with E-state index in [4.69, 9.17) is 10.7 Å². The van der Waals surface area contributed by atoms with Gasteiger partial charge in [-0.15, -0.1) is 0 Å². The monoisotopic (exact) mass is 124 g/mol. The van der Waals surface area contributed by atoms with Crippen LogP contribution in [0.5, 0.6) is 0 Å². The molecule has 0 spiro atoms. The zero-order valence-corrected chi connectivity index (χ0v) is 5.72. The first-order valence-corrected chi connectivity index (χ1v) is 3.25. The largest absolute Gasteiger partial charge is 0.312 e. The molecule has 0 radical (unpaired) electrons. The summed E-state index contributed by atoms with van der Waals surface area (Å²) < 4.78 is 0. The molecule has 0 fully saturated rings. The van der Waals surface area contributed by atoms with E-state index in [0.717, 1.165) is 19.3 Å². The van der Waals surface area contributed by atoms with Crippen LogP contribution in [-0.4, -0.2) is 6.21 Å². The Labute approximate surface area is 56.0 Å². The maximum absolute atomic E-state index is 8.35. The number of nitrogens with one attached hydrogen (secondary N) is 1. The molecule has 0 heterocycles. The summed E-state index contributed by atoms with van der Waals surface area (Å²) in [6.07, 6.45) is 4.21. The molecule has 0 aliphatic carbocycles. The van der Waals surface area contributed by atoms with Crippen molar-refractivity contribution in [2.45, 2.75) is 26.2 Å². The van der Waals surface area contributed by atoms with Crippen molar-refractivity contribution >= 4 is 6.21 Å². The van der Waals surface area contributed by atoms with E-state index in [1.807, 2.05) is 6.07 Å². The number of nitrogens with zero attached hydrogens (tertiary/aromatic N) is 1. The maximum Gasteiger partial charge on any atom is 0.0808 e. The third-order valence-corrected chi connectivity index (χ3v) is 1.24. The normalized spacial score (nSPS) is 12.0. The van der Waals surface area contributed by atoms with Gasteiger partial charge in [-0.05, 0) is 6.42 Å². The molecule has 50 valence electrons. The van der Waals surface area contributed by atoms with Crippen LogP contribution in [0.2, 0.25) is 0 Å². The van der Waals surface area contributed by atoms with E-state index in [2.05, 4.69) is 6.92 Å². The van der Waals surface area contributed by atoms with Gasteiger partial charge in [0.1, 0.15) is 0 Å². The van der Waals surface area contributed by atoms with E-state index < -0.39 is 0 Å². The van der Waals surface area contributed by atoms with Crippen LogP contribution in [0.25, 0.3) is 0 Å². The number of hydrogen-bond donors (Lipinski definition) is 1. The van der Waals surface area contributed by atoms with Gasteiger partial charge in [0.25, 0.3) is 0 Å². The smallest absolute Gasteiger partial charge is 0.0808 e. The van der Waals surface area contributed by atoms with Gasteiger partial charge in [0, 0.05) is 6.21 Å². The summed E-state index contributed by atoms with van der Waals surface area (Å²) in [6, 6.07) is 2.04. The summed E-state index contributed by atoms with van der Waals surface area (Å²) in [5, 5.41) is 15.1. The first-order chi connectivity index (χ1) is 4.35. The minimum absolute atomic E-state index is 0.148. The van der Waals surface area contributed by atoms with Gasteiger partial charge in [-0.25, -0.2) is 0 Å². The SMILES string of the molecule is CCCCC(C#N)C=N. The molecule has 0 aromatic carbocycles. The van der Waals surface area contributed by atoms with Gasteiger partial charge < -0.3 is 5.41 Å². The minimum atomic E-state index is -0.148. The van der Waals surface area contributed by atoms with Gasteiger partial charge in [0.05, 0.1) is 12.0 Å². The molecule has 1 atom stereocenters. The molecule has 0 bridgehead atoms. The van der Waals surface area contributed by atoms with Crippen molar-refractivity contribution in [1.82, 2.24) is 0 Å². The quantitative estimate of drug-likeness (QED) is 0.572. The van der Waals surface area contributed by atoms with Crippen LogP contribution in [-0.2, 0) is 0 Å². The molecular weight excluding hydrogens is 112 g/mol.